The molecule has 0 N–H and O–H groups in total. The summed E-state index contributed by atoms with van der Waals surface area (Å²) in [5.74, 6) is 0. The summed E-state index contributed by atoms with van der Waals surface area (Å²) in [5.41, 5.74) is 30.7. The Morgan fingerprint density at radius 3 is 1.05 bits per heavy atom. The summed E-state index contributed by atoms with van der Waals surface area (Å²) in [7, 11) is 0. The molecule has 19 rings (SSSR count). The van der Waals surface area contributed by atoms with Crippen molar-refractivity contribution in [3.63, 3.8) is 0 Å². The van der Waals surface area contributed by atoms with E-state index < -0.39 is 0 Å². The number of pyridine rings is 1. The zero-order valence-electron chi connectivity index (χ0n) is 57.4. The third kappa shape index (κ3) is 9.76. The lowest BCUT2D eigenvalue weighted by atomic mass is 9.75. The van der Waals surface area contributed by atoms with Crippen molar-refractivity contribution < 1.29 is 0 Å². The molecule has 5 nitrogen and oxygen atoms in total. The number of nitriles is 1. The van der Waals surface area contributed by atoms with Gasteiger partial charge in [0.25, 0.3) is 0 Å². The molecule has 0 bridgehead atoms. The molecule has 0 aliphatic carbocycles. The molecule has 6 heteroatoms. The molecular weight excluding hydrogens is 1260 g/mol. The van der Waals surface area contributed by atoms with Crippen LogP contribution in [0.15, 0.2) is 297 Å². The van der Waals surface area contributed by atoms with Crippen LogP contribution in [0.5, 0.6) is 0 Å². The van der Waals surface area contributed by atoms with E-state index >= 15 is 0 Å². The van der Waals surface area contributed by atoms with Gasteiger partial charge in [0, 0.05) is 97.4 Å². The molecule has 0 saturated carbocycles. The van der Waals surface area contributed by atoms with Crippen molar-refractivity contribution >= 4 is 96.9 Å². The average Bonchev–Trinajstić information content (AvgIpc) is 0.964. The predicted molar refractivity (Wildman–Crippen MR) is 431 cm³/mol. The Morgan fingerprint density at radius 2 is 0.627 bits per heavy atom. The van der Waals surface area contributed by atoms with Crippen molar-refractivity contribution in [2.24, 2.45) is 0 Å². The standard InChI is InChI=1S/C96H67N5S/c1-57-21-42-83-74(49-57)75-50-58(2)22-43-84(75)99(83)69-34-27-64(28-35-69)91-81(56-97)95(73-40-41-82(63-15-9-7-10-16-63)98-96(73)67-17-11-8-12-18-67)94(68-33-48-90-80(55-68)72-19-13-14-20-89(72)102-90)93(66-31-38-71(39-32-66)101-87-46-25-61(5)53-78(87)79-54-62(6)26-47-88(79)101)92(91)65-29-36-70(37-30-65)100-85-44-23-59(3)51-76(85)77-52-60(4)24-45-86(77)100/h7-55H,1-6H3. The minimum atomic E-state index is 0.547. The minimum Gasteiger partial charge on any atom is -0.309 e. The van der Waals surface area contributed by atoms with Gasteiger partial charge in [0.1, 0.15) is 6.07 Å². The van der Waals surface area contributed by atoms with Gasteiger partial charge < -0.3 is 13.7 Å². The van der Waals surface area contributed by atoms with Gasteiger partial charge in [-0.3, -0.25) is 0 Å². The third-order valence-corrected chi connectivity index (χ3v) is 22.2. The summed E-state index contributed by atoms with van der Waals surface area (Å²) >= 11 is 1.81. The largest absolute Gasteiger partial charge is 0.309 e. The Labute approximate surface area is 596 Å². The normalized spacial score (nSPS) is 11.8. The number of benzene rings is 14. The van der Waals surface area contributed by atoms with Crippen LogP contribution in [0.2, 0.25) is 0 Å². The molecule has 0 aliphatic rings. The first-order valence-electron chi connectivity index (χ1n) is 35.0. The minimum absolute atomic E-state index is 0.547. The molecule has 0 amide bonds. The van der Waals surface area contributed by atoms with Crippen LogP contribution < -0.4 is 0 Å². The summed E-state index contributed by atoms with van der Waals surface area (Å²) in [6.45, 7) is 13.1. The van der Waals surface area contributed by atoms with E-state index in [1.807, 2.05) is 17.4 Å². The van der Waals surface area contributed by atoms with Gasteiger partial charge in [-0.25, -0.2) is 4.98 Å². The molecule has 0 saturated heterocycles. The highest BCUT2D eigenvalue weighted by Crippen LogP contribution is 2.56. The number of aryl methyl sites for hydroxylation is 6. The van der Waals surface area contributed by atoms with E-state index in [0.717, 1.165) is 134 Å². The van der Waals surface area contributed by atoms with Crippen molar-refractivity contribution in [2.45, 2.75) is 41.5 Å². The van der Waals surface area contributed by atoms with E-state index in [1.54, 1.807) is 0 Å². The monoisotopic (exact) mass is 1320 g/mol. The molecular formula is C96H67N5S. The van der Waals surface area contributed by atoms with Crippen LogP contribution in [0.1, 0.15) is 38.9 Å². The molecule has 5 aromatic heterocycles. The van der Waals surface area contributed by atoms with Crippen LogP contribution in [0.4, 0.5) is 0 Å². The van der Waals surface area contributed by atoms with E-state index in [2.05, 4.69) is 352 Å². The predicted octanol–water partition coefficient (Wildman–Crippen LogP) is 26.1. The van der Waals surface area contributed by atoms with Gasteiger partial charge in [0.2, 0.25) is 0 Å². The van der Waals surface area contributed by atoms with Crippen molar-refractivity contribution in [2.75, 3.05) is 0 Å². The number of nitrogens with zero attached hydrogens (tertiary/aromatic N) is 5. The maximum absolute atomic E-state index is 13.0. The molecule has 19 aromatic rings. The van der Waals surface area contributed by atoms with E-state index in [0.29, 0.717) is 5.56 Å². The maximum Gasteiger partial charge on any atom is 0.100 e. The van der Waals surface area contributed by atoms with Crippen molar-refractivity contribution in [1.82, 2.24) is 18.7 Å². The molecule has 102 heavy (non-hydrogen) atoms. The van der Waals surface area contributed by atoms with E-state index in [1.165, 1.54) is 80.5 Å². The highest BCUT2D eigenvalue weighted by Gasteiger charge is 2.32. The third-order valence-electron chi connectivity index (χ3n) is 21.0. The number of fused-ring (bicyclic) bond motifs is 12. The van der Waals surface area contributed by atoms with Gasteiger partial charge in [-0.2, -0.15) is 5.26 Å². The Morgan fingerprint density at radius 1 is 0.275 bits per heavy atom. The van der Waals surface area contributed by atoms with Crippen molar-refractivity contribution in [3.8, 4) is 101 Å². The summed E-state index contributed by atoms with van der Waals surface area (Å²) in [6.07, 6.45) is 0. The Bertz CT molecular complexity index is 6540. The lowest BCUT2D eigenvalue weighted by molar-refractivity contribution is 1.18. The van der Waals surface area contributed by atoms with Gasteiger partial charge in [0.15, 0.2) is 0 Å². The number of hydrogen-bond acceptors (Lipinski definition) is 3. The molecule has 0 radical (unpaired) electrons. The van der Waals surface area contributed by atoms with E-state index in [-0.39, 0.29) is 0 Å². The first-order valence-corrected chi connectivity index (χ1v) is 35.8. The highest BCUT2D eigenvalue weighted by molar-refractivity contribution is 7.25. The molecule has 0 unspecified atom stereocenters. The quantitative estimate of drug-likeness (QED) is 0.137. The summed E-state index contributed by atoms with van der Waals surface area (Å²) in [6, 6.07) is 112. The fourth-order valence-electron chi connectivity index (χ4n) is 16.3. The van der Waals surface area contributed by atoms with Gasteiger partial charge in [0.05, 0.1) is 50.1 Å². The van der Waals surface area contributed by atoms with Crippen LogP contribution in [-0.2, 0) is 0 Å². The van der Waals surface area contributed by atoms with E-state index in [9.17, 15) is 5.26 Å². The van der Waals surface area contributed by atoms with Crippen LogP contribution in [0.25, 0.3) is 181 Å². The molecule has 0 spiro atoms. The number of hydrogen-bond donors (Lipinski definition) is 0. The van der Waals surface area contributed by atoms with Gasteiger partial charge in [-0.1, -0.05) is 191 Å². The number of rotatable bonds is 10. The zero-order valence-corrected chi connectivity index (χ0v) is 58.3. The lowest BCUT2D eigenvalue weighted by Crippen LogP contribution is -2.04. The van der Waals surface area contributed by atoms with Crippen molar-refractivity contribution in [1.29, 1.82) is 5.26 Å². The second-order valence-electron chi connectivity index (χ2n) is 27.8. The second kappa shape index (κ2) is 23.8. The molecule has 5 heterocycles. The SMILES string of the molecule is Cc1ccc2c(c1)c1cc(C)ccc1n2-c1ccc(-c2c(C#N)c(-c3ccc(-c4ccccc4)nc3-c3ccccc3)c(-c3ccc4sc5ccccc5c4c3)c(-c3ccc(-n4c5ccc(C)cc5c5cc(C)ccc54)cc3)c2-c2ccc(-n3c4ccc(C)cc4c4cc(C)ccc43)cc2)cc1. The van der Waals surface area contributed by atoms with Crippen LogP contribution in [0, 0.1) is 52.9 Å². The zero-order chi connectivity index (χ0) is 68.6. The number of aromatic nitrogens is 4. The highest BCUT2D eigenvalue weighted by atomic mass is 32.1. The number of thiophene rings is 1. The smallest absolute Gasteiger partial charge is 0.100 e. The Balaban J connectivity index is 0.961. The van der Waals surface area contributed by atoms with Gasteiger partial charge in [-0.15, -0.1) is 11.3 Å². The molecule has 482 valence electrons. The topological polar surface area (TPSA) is 51.5 Å². The summed E-state index contributed by atoms with van der Waals surface area (Å²) in [5, 5.41) is 22.7. The maximum atomic E-state index is 13.0. The Hall–Kier alpha value is -12.7. The van der Waals surface area contributed by atoms with Gasteiger partial charge >= 0.3 is 0 Å². The summed E-state index contributed by atoms with van der Waals surface area (Å²) in [4.78, 5) is 5.74. The average molecular weight is 1320 g/mol. The Kier molecular flexibility index (Phi) is 14.1. The second-order valence-corrected chi connectivity index (χ2v) is 28.8. The molecule has 14 aromatic carbocycles. The fourth-order valence-corrected chi connectivity index (χ4v) is 17.4. The van der Waals surface area contributed by atoms with Crippen LogP contribution in [-0.4, -0.2) is 18.7 Å². The first-order chi connectivity index (χ1) is 50.0. The molecule has 0 aliphatic heterocycles. The lowest BCUT2D eigenvalue weighted by Gasteiger charge is -2.27. The molecule has 0 fully saturated rings. The van der Waals surface area contributed by atoms with Crippen molar-refractivity contribution in [3.05, 3.63) is 336 Å². The van der Waals surface area contributed by atoms with E-state index in [4.69, 9.17) is 4.98 Å². The van der Waals surface area contributed by atoms with Crippen LogP contribution in [0.3, 0.4) is 0 Å². The van der Waals surface area contributed by atoms with Crippen LogP contribution >= 0.6 is 11.3 Å². The first kappa shape index (κ1) is 60.5. The fraction of sp³-hybridized carbons (Fsp3) is 0.0625. The summed E-state index contributed by atoms with van der Waals surface area (Å²) < 4.78 is 9.64. The molecule has 0 atom stereocenters. The van der Waals surface area contributed by atoms with Gasteiger partial charge in [-0.05, 0) is 220 Å².